The monoisotopic (exact) mass is 279 g/mol. The van der Waals surface area contributed by atoms with Crippen LogP contribution < -0.4 is 0 Å². The van der Waals surface area contributed by atoms with E-state index in [4.69, 9.17) is 0 Å². The standard InChI is InChI=1S/C21H27/c1-18(2)17-21-16-10-9-15-20(21)14-8-4-7-13-19-11-5-3-6-12-19/h3,5-6,9-12,15-16,18H,1,4,7-8,13-14,17H2,2H3. The Morgan fingerprint density at radius 2 is 1.38 bits per heavy atom. The molecule has 0 aromatic heterocycles. The molecule has 0 aliphatic rings. The van der Waals surface area contributed by atoms with Crippen LogP contribution in [0.1, 0.15) is 42.9 Å². The van der Waals surface area contributed by atoms with Crippen molar-refractivity contribution in [3.8, 4) is 0 Å². The summed E-state index contributed by atoms with van der Waals surface area (Å²) in [6, 6.07) is 19.7. The van der Waals surface area contributed by atoms with E-state index in [1.165, 1.54) is 48.8 Å². The second kappa shape index (κ2) is 8.67. The maximum atomic E-state index is 4.12. The molecule has 0 heteroatoms. The quantitative estimate of drug-likeness (QED) is 0.547. The molecule has 0 aliphatic heterocycles. The number of rotatable bonds is 8. The Kier molecular flexibility index (Phi) is 6.53. The first-order chi connectivity index (χ1) is 10.3. The first-order valence-electron chi connectivity index (χ1n) is 8.19. The molecule has 0 heterocycles. The molecule has 0 N–H and O–H groups in total. The van der Waals surface area contributed by atoms with Gasteiger partial charge in [-0.3, -0.25) is 0 Å². The smallest absolute Gasteiger partial charge is 0.0250 e. The van der Waals surface area contributed by atoms with Gasteiger partial charge in [0.15, 0.2) is 0 Å². The van der Waals surface area contributed by atoms with E-state index in [-0.39, 0.29) is 0 Å². The van der Waals surface area contributed by atoms with Gasteiger partial charge in [-0.1, -0.05) is 74.9 Å². The highest BCUT2D eigenvalue weighted by Crippen LogP contribution is 2.17. The number of unbranched alkanes of at least 4 members (excludes halogenated alkanes) is 2. The van der Waals surface area contributed by atoms with Crippen LogP contribution in [0.25, 0.3) is 0 Å². The summed E-state index contributed by atoms with van der Waals surface area (Å²) in [4.78, 5) is 0. The van der Waals surface area contributed by atoms with Crippen LogP contribution >= 0.6 is 0 Å². The van der Waals surface area contributed by atoms with Gasteiger partial charge in [0.05, 0.1) is 0 Å². The summed E-state index contributed by atoms with van der Waals surface area (Å²) in [6.45, 7) is 6.31. The third-order valence-electron chi connectivity index (χ3n) is 3.94. The van der Waals surface area contributed by atoms with E-state index < -0.39 is 0 Å². The predicted molar refractivity (Wildman–Crippen MR) is 92.4 cm³/mol. The lowest BCUT2D eigenvalue weighted by atomic mass is 9.94. The third kappa shape index (κ3) is 5.75. The maximum Gasteiger partial charge on any atom is -0.0250 e. The number of hydrogen-bond donors (Lipinski definition) is 0. The van der Waals surface area contributed by atoms with Gasteiger partial charge in [0.2, 0.25) is 0 Å². The lowest BCUT2D eigenvalue weighted by molar-refractivity contribution is 0.666. The topological polar surface area (TPSA) is 0 Å². The molecule has 2 aromatic carbocycles. The van der Waals surface area contributed by atoms with E-state index in [2.05, 4.69) is 68.4 Å². The van der Waals surface area contributed by atoms with Crippen LogP contribution in [0.4, 0.5) is 0 Å². The molecule has 0 bridgehead atoms. The summed E-state index contributed by atoms with van der Waals surface area (Å²) in [7, 11) is 0. The largest absolute Gasteiger partial charge is 0.0622 e. The van der Waals surface area contributed by atoms with Crippen molar-refractivity contribution in [2.24, 2.45) is 5.92 Å². The minimum atomic E-state index is 0.490. The van der Waals surface area contributed by atoms with Gasteiger partial charge in [-0.15, -0.1) is 0 Å². The van der Waals surface area contributed by atoms with Crippen molar-refractivity contribution in [2.75, 3.05) is 0 Å². The van der Waals surface area contributed by atoms with Gasteiger partial charge in [-0.25, -0.2) is 0 Å². The molecule has 21 heavy (non-hydrogen) atoms. The Hall–Kier alpha value is -1.56. The second-order valence-electron chi connectivity index (χ2n) is 6.12. The van der Waals surface area contributed by atoms with E-state index in [1.807, 2.05) is 0 Å². The fourth-order valence-corrected chi connectivity index (χ4v) is 2.84. The molecule has 0 nitrogen and oxygen atoms in total. The van der Waals surface area contributed by atoms with E-state index in [9.17, 15) is 0 Å². The van der Waals surface area contributed by atoms with Crippen molar-refractivity contribution in [3.63, 3.8) is 0 Å². The maximum absolute atomic E-state index is 4.12. The van der Waals surface area contributed by atoms with E-state index in [0.717, 1.165) is 6.42 Å². The van der Waals surface area contributed by atoms with Crippen LogP contribution in [0.15, 0.2) is 54.6 Å². The summed E-state index contributed by atoms with van der Waals surface area (Å²) in [5, 5.41) is 0. The highest BCUT2D eigenvalue weighted by atomic mass is 14.1. The Bertz CT molecular complexity index is 511. The molecule has 0 aliphatic carbocycles. The number of benzene rings is 2. The van der Waals surface area contributed by atoms with E-state index in [0.29, 0.717) is 5.92 Å². The Labute approximate surface area is 130 Å². The number of hydrogen-bond acceptors (Lipinski definition) is 0. The molecular formula is C21H27. The molecule has 111 valence electrons. The fraction of sp³-hybridized carbons (Fsp3) is 0.381. The van der Waals surface area contributed by atoms with Gasteiger partial charge in [0.1, 0.15) is 0 Å². The first kappa shape index (κ1) is 15.8. The second-order valence-corrected chi connectivity index (χ2v) is 6.12. The van der Waals surface area contributed by atoms with Gasteiger partial charge in [0, 0.05) is 0 Å². The average molecular weight is 279 g/mol. The summed E-state index contributed by atoms with van der Waals surface area (Å²) in [6.07, 6.45) is 7.40. The third-order valence-corrected chi connectivity index (χ3v) is 3.94. The van der Waals surface area contributed by atoms with Crippen LogP contribution in [0.5, 0.6) is 0 Å². The van der Waals surface area contributed by atoms with Crippen molar-refractivity contribution in [1.82, 2.24) is 0 Å². The zero-order valence-electron chi connectivity index (χ0n) is 13.2. The minimum Gasteiger partial charge on any atom is -0.0622 e. The van der Waals surface area contributed by atoms with Gasteiger partial charge in [-0.2, -0.15) is 0 Å². The van der Waals surface area contributed by atoms with Crippen LogP contribution in [-0.2, 0) is 19.3 Å². The normalized spacial score (nSPS) is 11.0. The summed E-state index contributed by atoms with van der Waals surface area (Å²) in [5.41, 5.74) is 4.47. The molecule has 1 atom stereocenters. The van der Waals surface area contributed by atoms with Gasteiger partial charge in [-0.05, 0) is 54.7 Å². The SMILES string of the molecule is [CH2]C(C)Cc1ccccc1CCCCCc1ccccc1. The summed E-state index contributed by atoms with van der Waals surface area (Å²) >= 11 is 0. The molecule has 0 spiro atoms. The molecule has 1 unspecified atom stereocenters. The van der Waals surface area contributed by atoms with Gasteiger partial charge < -0.3 is 0 Å². The van der Waals surface area contributed by atoms with Crippen molar-refractivity contribution in [2.45, 2.75) is 45.4 Å². The zero-order chi connectivity index (χ0) is 14.9. The van der Waals surface area contributed by atoms with Crippen LogP contribution in [0.2, 0.25) is 0 Å². The lowest BCUT2D eigenvalue weighted by Gasteiger charge is -2.11. The Morgan fingerprint density at radius 3 is 2.10 bits per heavy atom. The Morgan fingerprint density at radius 1 is 0.762 bits per heavy atom. The minimum absolute atomic E-state index is 0.490. The van der Waals surface area contributed by atoms with E-state index in [1.54, 1.807) is 0 Å². The van der Waals surface area contributed by atoms with Gasteiger partial charge in [0.25, 0.3) is 0 Å². The van der Waals surface area contributed by atoms with Crippen LogP contribution in [-0.4, -0.2) is 0 Å². The molecule has 0 fully saturated rings. The molecule has 2 rings (SSSR count). The van der Waals surface area contributed by atoms with Crippen LogP contribution in [0.3, 0.4) is 0 Å². The van der Waals surface area contributed by atoms with Crippen molar-refractivity contribution in [3.05, 3.63) is 78.2 Å². The summed E-state index contributed by atoms with van der Waals surface area (Å²) < 4.78 is 0. The molecular weight excluding hydrogens is 252 g/mol. The highest BCUT2D eigenvalue weighted by molar-refractivity contribution is 5.27. The van der Waals surface area contributed by atoms with Crippen molar-refractivity contribution < 1.29 is 0 Å². The number of aryl methyl sites for hydroxylation is 2. The van der Waals surface area contributed by atoms with Crippen molar-refractivity contribution >= 4 is 0 Å². The zero-order valence-corrected chi connectivity index (χ0v) is 13.2. The highest BCUT2D eigenvalue weighted by Gasteiger charge is 2.04. The molecule has 0 amide bonds. The summed E-state index contributed by atoms with van der Waals surface area (Å²) in [5.74, 6) is 0.490. The van der Waals surface area contributed by atoms with Crippen molar-refractivity contribution in [1.29, 1.82) is 0 Å². The first-order valence-corrected chi connectivity index (χ1v) is 8.19. The van der Waals surface area contributed by atoms with Gasteiger partial charge >= 0.3 is 0 Å². The average Bonchev–Trinajstić information content (AvgIpc) is 2.49. The molecule has 1 radical (unpaired) electrons. The molecule has 2 aromatic rings. The predicted octanol–water partition coefficient (Wildman–Crippen LogP) is 5.65. The fourth-order valence-electron chi connectivity index (χ4n) is 2.84. The van der Waals surface area contributed by atoms with Crippen LogP contribution in [0, 0.1) is 12.8 Å². The Balaban J connectivity index is 1.73. The molecule has 0 saturated heterocycles. The molecule has 0 saturated carbocycles. The van der Waals surface area contributed by atoms with E-state index >= 15 is 0 Å². The lowest BCUT2D eigenvalue weighted by Crippen LogP contribution is -2.00.